The molecule has 3 aromatic carbocycles. The molecule has 0 aliphatic carbocycles. The first-order valence-electron chi connectivity index (χ1n) is 11.8. The summed E-state index contributed by atoms with van der Waals surface area (Å²) < 4.78 is 1.30. The smallest absolute Gasteiger partial charge is 0.294 e. The summed E-state index contributed by atoms with van der Waals surface area (Å²) in [6, 6.07) is 22.0. The Morgan fingerprint density at radius 2 is 1.67 bits per heavy atom. The summed E-state index contributed by atoms with van der Waals surface area (Å²) in [7, 11) is 0. The molecule has 1 aliphatic rings. The van der Waals surface area contributed by atoms with Crippen LogP contribution in [0.3, 0.4) is 0 Å². The van der Waals surface area contributed by atoms with Gasteiger partial charge in [-0.05, 0) is 29.3 Å². The van der Waals surface area contributed by atoms with Gasteiger partial charge in [0.25, 0.3) is 11.6 Å². The highest BCUT2D eigenvalue weighted by atomic mass is 16.6. The zero-order valence-corrected chi connectivity index (χ0v) is 19.8. The van der Waals surface area contributed by atoms with Crippen molar-refractivity contribution < 1.29 is 9.72 Å². The highest BCUT2D eigenvalue weighted by Crippen LogP contribution is 2.23. The molecule has 0 N–H and O–H groups in total. The molecule has 4 aromatic rings. The predicted octanol–water partition coefficient (Wildman–Crippen LogP) is 3.56. The van der Waals surface area contributed by atoms with E-state index in [0.29, 0.717) is 31.9 Å². The second-order valence-corrected chi connectivity index (χ2v) is 8.86. The van der Waals surface area contributed by atoms with Crippen LogP contribution in [0.4, 0.5) is 5.69 Å². The topological polar surface area (TPSA) is 102 Å². The molecule has 5 rings (SSSR count). The number of carbonyl (C=O) groups is 1. The number of para-hydroxylation sites is 2. The number of hydrogen-bond acceptors (Lipinski definition) is 6. The van der Waals surface area contributed by atoms with Crippen LogP contribution in [-0.4, -0.2) is 56.6 Å². The molecule has 182 valence electrons. The van der Waals surface area contributed by atoms with Gasteiger partial charge in [0.05, 0.1) is 4.92 Å². The lowest BCUT2D eigenvalue weighted by Gasteiger charge is -2.34. The highest BCUT2D eigenvalue weighted by Gasteiger charge is 2.27. The largest absolute Gasteiger partial charge is 0.335 e. The molecule has 0 atom stereocenters. The maximum Gasteiger partial charge on any atom is 0.294 e. The third kappa shape index (κ3) is 4.48. The molecule has 1 fully saturated rings. The van der Waals surface area contributed by atoms with Crippen molar-refractivity contribution in [1.29, 1.82) is 0 Å². The summed E-state index contributed by atoms with van der Waals surface area (Å²) in [4.78, 5) is 40.9. The second-order valence-electron chi connectivity index (χ2n) is 8.86. The SMILES string of the molecule is Cc1cc(=O)c(C(=O)N2CCN(Cc3cccc4ccccc34)CC2)nn1-c1ccccc1[N+](=O)[O-]. The molecule has 1 aromatic heterocycles. The van der Waals surface area contributed by atoms with E-state index in [9.17, 15) is 19.7 Å². The Labute approximate surface area is 207 Å². The molecule has 1 saturated heterocycles. The molecule has 1 amide bonds. The van der Waals surface area contributed by atoms with Crippen molar-refractivity contribution in [3.63, 3.8) is 0 Å². The molecular formula is C27H25N5O4. The minimum atomic E-state index is -0.509. The molecule has 0 spiro atoms. The van der Waals surface area contributed by atoms with Crippen LogP contribution >= 0.6 is 0 Å². The maximum atomic E-state index is 13.3. The number of piperazine rings is 1. The number of nitrogens with zero attached hydrogens (tertiary/aromatic N) is 5. The van der Waals surface area contributed by atoms with Crippen LogP contribution in [0.1, 0.15) is 21.7 Å². The lowest BCUT2D eigenvalue weighted by atomic mass is 10.0. The summed E-state index contributed by atoms with van der Waals surface area (Å²) in [5, 5.41) is 18.2. The number of aromatic nitrogens is 2. The molecule has 0 unspecified atom stereocenters. The number of nitro groups is 1. The van der Waals surface area contributed by atoms with Crippen LogP contribution in [0.2, 0.25) is 0 Å². The summed E-state index contributed by atoms with van der Waals surface area (Å²) in [6.07, 6.45) is 0. The van der Waals surface area contributed by atoms with Crippen LogP contribution in [0, 0.1) is 17.0 Å². The van der Waals surface area contributed by atoms with Crippen molar-refractivity contribution in [1.82, 2.24) is 19.6 Å². The number of nitro benzene ring substituents is 1. The molecule has 1 aliphatic heterocycles. The predicted molar refractivity (Wildman–Crippen MR) is 136 cm³/mol. The van der Waals surface area contributed by atoms with E-state index < -0.39 is 16.3 Å². The molecule has 0 bridgehead atoms. The van der Waals surface area contributed by atoms with E-state index in [1.54, 1.807) is 30.0 Å². The number of hydrogen-bond donors (Lipinski definition) is 0. The van der Waals surface area contributed by atoms with Gasteiger partial charge < -0.3 is 4.90 Å². The van der Waals surface area contributed by atoms with Gasteiger partial charge in [0.15, 0.2) is 5.69 Å². The van der Waals surface area contributed by atoms with Gasteiger partial charge in [-0.3, -0.25) is 24.6 Å². The van der Waals surface area contributed by atoms with Gasteiger partial charge in [-0.1, -0.05) is 54.6 Å². The molecular weight excluding hydrogens is 458 g/mol. The Bertz CT molecular complexity index is 1520. The van der Waals surface area contributed by atoms with E-state index in [0.717, 1.165) is 6.54 Å². The molecule has 2 heterocycles. The summed E-state index contributed by atoms with van der Waals surface area (Å²) in [6.45, 7) is 4.66. The van der Waals surface area contributed by atoms with Gasteiger partial charge in [-0.2, -0.15) is 5.10 Å². The maximum absolute atomic E-state index is 13.3. The fourth-order valence-corrected chi connectivity index (χ4v) is 4.67. The molecule has 0 saturated carbocycles. The van der Waals surface area contributed by atoms with E-state index in [4.69, 9.17) is 0 Å². The van der Waals surface area contributed by atoms with Crippen LogP contribution in [-0.2, 0) is 6.54 Å². The summed E-state index contributed by atoms with van der Waals surface area (Å²) in [5.74, 6) is -0.461. The first kappa shape index (κ1) is 23.4. The van der Waals surface area contributed by atoms with E-state index in [1.807, 2.05) is 12.1 Å². The van der Waals surface area contributed by atoms with Crippen LogP contribution in [0.15, 0.2) is 77.6 Å². The summed E-state index contributed by atoms with van der Waals surface area (Å²) >= 11 is 0. The number of aryl methyl sites for hydroxylation is 1. The van der Waals surface area contributed by atoms with Crippen molar-refractivity contribution in [2.75, 3.05) is 26.2 Å². The van der Waals surface area contributed by atoms with E-state index in [-0.39, 0.29) is 17.1 Å². The van der Waals surface area contributed by atoms with E-state index in [2.05, 4.69) is 40.3 Å². The Morgan fingerprint density at radius 1 is 0.972 bits per heavy atom. The average Bonchev–Trinajstić information content (AvgIpc) is 2.89. The number of fused-ring (bicyclic) bond motifs is 1. The zero-order chi connectivity index (χ0) is 25.2. The lowest BCUT2D eigenvalue weighted by molar-refractivity contribution is -0.384. The van der Waals surface area contributed by atoms with Crippen molar-refractivity contribution in [2.45, 2.75) is 13.5 Å². The molecule has 36 heavy (non-hydrogen) atoms. The zero-order valence-electron chi connectivity index (χ0n) is 19.8. The van der Waals surface area contributed by atoms with Crippen molar-refractivity contribution in [3.8, 4) is 5.69 Å². The van der Waals surface area contributed by atoms with Gasteiger partial charge in [-0.25, -0.2) is 4.68 Å². The first-order chi connectivity index (χ1) is 17.4. The highest BCUT2D eigenvalue weighted by molar-refractivity contribution is 5.92. The lowest BCUT2D eigenvalue weighted by Crippen LogP contribution is -2.49. The molecule has 9 heteroatoms. The fourth-order valence-electron chi connectivity index (χ4n) is 4.67. The van der Waals surface area contributed by atoms with Gasteiger partial charge in [0.1, 0.15) is 5.69 Å². The monoisotopic (exact) mass is 483 g/mol. The molecule has 0 radical (unpaired) electrons. The first-order valence-corrected chi connectivity index (χ1v) is 11.8. The standard InChI is InChI=1S/C27H25N5O4/c1-19-17-25(33)26(28-31(19)23-11-4-5-12-24(23)32(35)36)27(34)30-15-13-29(14-16-30)18-21-9-6-8-20-7-2-3-10-22(20)21/h2-12,17H,13-16,18H2,1H3. The van der Waals surface area contributed by atoms with Gasteiger partial charge >= 0.3 is 0 Å². The minimum absolute atomic E-state index is 0.155. The number of amides is 1. The Kier molecular flexibility index (Phi) is 6.30. The number of rotatable bonds is 5. The average molecular weight is 484 g/mol. The van der Waals surface area contributed by atoms with Crippen LogP contribution in [0.5, 0.6) is 0 Å². The van der Waals surface area contributed by atoms with Crippen LogP contribution < -0.4 is 5.43 Å². The fraction of sp³-hybridized carbons (Fsp3) is 0.222. The van der Waals surface area contributed by atoms with Gasteiger partial charge in [-0.15, -0.1) is 0 Å². The van der Waals surface area contributed by atoms with Crippen LogP contribution in [0.25, 0.3) is 16.5 Å². The quantitative estimate of drug-likeness (QED) is 0.318. The normalized spacial score (nSPS) is 14.2. The minimum Gasteiger partial charge on any atom is -0.335 e. The third-order valence-electron chi connectivity index (χ3n) is 6.55. The molecule has 9 nitrogen and oxygen atoms in total. The van der Waals surface area contributed by atoms with E-state index >= 15 is 0 Å². The van der Waals surface area contributed by atoms with Gasteiger partial charge in [0, 0.05) is 50.6 Å². The van der Waals surface area contributed by atoms with Crippen molar-refractivity contribution in [2.24, 2.45) is 0 Å². The van der Waals surface area contributed by atoms with E-state index in [1.165, 1.54) is 33.2 Å². The number of carbonyl (C=O) groups excluding carboxylic acids is 1. The van der Waals surface area contributed by atoms with Crippen molar-refractivity contribution in [3.05, 3.63) is 110 Å². The third-order valence-corrected chi connectivity index (χ3v) is 6.55. The Hall–Kier alpha value is -4.37. The Morgan fingerprint density at radius 3 is 2.44 bits per heavy atom. The second kappa shape index (κ2) is 9.71. The number of benzene rings is 3. The summed E-state index contributed by atoms with van der Waals surface area (Å²) in [5.41, 5.74) is 0.962. The van der Waals surface area contributed by atoms with Crippen molar-refractivity contribution >= 4 is 22.4 Å². The van der Waals surface area contributed by atoms with Gasteiger partial charge in [0.2, 0.25) is 5.43 Å². The Balaban J connectivity index is 1.34.